The fourth-order valence-corrected chi connectivity index (χ4v) is 2.75. The number of carbonyl (C=O) groups is 1. The van der Waals surface area contributed by atoms with Gasteiger partial charge >= 0.3 is 0 Å². The Hall–Kier alpha value is -0.460. The Morgan fingerprint density at radius 3 is 2.31 bits per heavy atom. The predicted octanol–water partition coefficient (Wildman–Crippen LogP) is 1.23. The van der Waals surface area contributed by atoms with Crippen LogP contribution >= 0.6 is 22.9 Å². The number of halogens is 1. The Labute approximate surface area is 84.5 Å². The van der Waals surface area contributed by atoms with Gasteiger partial charge in [0.15, 0.2) is 0 Å². The number of hydrogen-bond donors (Lipinski definition) is 0. The highest BCUT2D eigenvalue weighted by molar-refractivity contribution is 7.92. The molecule has 0 bridgehead atoms. The number of rotatable bonds is 2. The van der Waals surface area contributed by atoms with E-state index in [2.05, 4.69) is 4.98 Å². The molecule has 7 heteroatoms. The van der Waals surface area contributed by atoms with E-state index in [0.29, 0.717) is 5.69 Å². The van der Waals surface area contributed by atoms with E-state index in [1.807, 2.05) is 0 Å². The first kappa shape index (κ1) is 10.6. The summed E-state index contributed by atoms with van der Waals surface area (Å²) >= 11 is 6.00. The Bertz CT molecular complexity index is 448. The molecule has 0 amide bonds. The number of aromatic nitrogens is 1. The fraction of sp³-hybridized carbons (Fsp3) is 0.333. The van der Waals surface area contributed by atoms with Crippen LogP contribution in [0.15, 0.2) is 4.34 Å². The van der Waals surface area contributed by atoms with Crippen LogP contribution in [0, 0.1) is 6.92 Å². The highest BCUT2D eigenvalue weighted by atomic mass is 35.5. The van der Waals surface area contributed by atoms with Crippen LogP contribution in [0.25, 0.3) is 0 Å². The van der Waals surface area contributed by atoms with E-state index >= 15 is 0 Å². The van der Waals surface area contributed by atoms with Crippen LogP contribution in [-0.2, 0) is 9.84 Å². The largest absolute Gasteiger partial charge is 0.275 e. The molecule has 0 aliphatic heterocycles. The highest BCUT2D eigenvalue weighted by Crippen LogP contribution is 2.23. The van der Waals surface area contributed by atoms with Gasteiger partial charge in [-0.25, -0.2) is 13.4 Å². The molecule has 4 nitrogen and oxygen atoms in total. The highest BCUT2D eigenvalue weighted by Gasteiger charge is 2.18. The summed E-state index contributed by atoms with van der Waals surface area (Å²) in [4.78, 5) is 14.7. The van der Waals surface area contributed by atoms with E-state index in [9.17, 15) is 13.2 Å². The second-order valence-corrected chi connectivity index (χ2v) is 5.97. The van der Waals surface area contributed by atoms with Gasteiger partial charge in [-0.05, 0) is 18.5 Å². The molecule has 1 rings (SSSR count). The zero-order valence-electron chi connectivity index (χ0n) is 6.87. The van der Waals surface area contributed by atoms with Gasteiger partial charge in [-0.2, -0.15) is 0 Å². The van der Waals surface area contributed by atoms with E-state index in [1.54, 1.807) is 6.92 Å². The summed E-state index contributed by atoms with van der Waals surface area (Å²) in [7, 11) is -3.34. The van der Waals surface area contributed by atoms with Crippen molar-refractivity contribution in [3.8, 4) is 0 Å². The van der Waals surface area contributed by atoms with E-state index in [4.69, 9.17) is 11.6 Å². The number of carbonyl (C=O) groups excluding carboxylic acids is 1. The zero-order chi connectivity index (χ0) is 10.2. The van der Waals surface area contributed by atoms with Gasteiger partial charge in [-0.1, -0.05) is 11.3 Å². The van der Waals surface area contributed by atoms with Gasteiger partial charge < -0.3 is 0 Å². The van der Waals surface area contributed by atoms with E-state index in [0.717, 1.165) is 17.6 Å². The normalized spacial score (nSPS) is 11.6. The molecule has 0 unspecified atom stereocenters. The van der Waals surface area contributed by atoms with Crippen molar-refractivity contribution in [2.24, 2.45) is 0 Å². The molecule has 0 saturated heterocycles. The van der Waals surface area contributed by atoms with Crippen LogP contribution < -0.4 is 0 Å². The molecule has 0 aliphatic rings. The van der Waals surface area contributed by atoms with Crippen LogP contribution in [0.1, 0.15) is 15.4 Å². The fourth-order valence-electron chi connectivity index (χ4n) is 0.713. The average Bonchev–Trinajstić information content (AvgIpc) is 2.29. The molecule has 1 aromatic rings. The van der Waals surface area contributed by atoms with Gasteiger partial charge in [0.05, 0.1) is 5.69 Å². The molecular formula is C6H6ClNO3S2. The van der Waals surface area contributed by atoms with Gasteiger partial charge in [0.25, 0.3) is 5.24 Å². The summed E-state index contributed by atoms with van der Waals surface area (Å²) in [6.07, 6.45) is 1.04. The van der Waals surface area contributed by atoms with Crippen LogP contribution in [0.2, 0.25) is 0 Å². The summed E-state index contributed by atoms with van der Waals surface area (Å²) in [6.45, 7) is 1.54. The molecule has 1 heterocycles. The van der Waals surface area contributed by atoms with Crippen LogP contribution in [0.4, 0.5) is 0 Å². The maximum absolute atomic E-state index is 11.0. The van der Waals surface area contributed by atoms with E-state index in [-0.39, 0.29) is 9.22 Å². The average molecular weight is 240 g/mol. The lowest BCUT2D eigenvalue weighted by molar-refractivity contribution is 0.108. The number of hydrogen-bond acceptors (Lipinski definition) is 5. The first-order chi connectivity index (χ1) is 5.82. The lowest BCUT2D eigenvalue weighted by atomic mass is 10.4. The minimum absolute atomic E-state index is 0.0750. The van der Waals surface area contributed by atoms with Gasteiger partial charge in [0.2, 0.25) is 14.2 Å². The zero-order valence-corrected chi connectivity index (χ0v) is 9.26. The van der Waals surface area contributed by atoms with Crippen LogP contribution in [0.3, 0.4) is 0 Å². The maximum atomic E-state index is 11.0. The SMILES string of the molecule is Cc1nc(S(C)(=O)=O)sc1C(=O)Cl. The molecule has 0 N–H and O–H groups in total. The van der Waals surface area contributed by atoms with Crippen molar-refractivity contribution in [2.45, 2.75) is 11.3 Å². The number of aryl methyl sites for hydroxylation is 1. The Morgan fingerprint density at radius 1 is 1.54 bits per heavy atom. The number of sulfone groups is 1. The molecule has 72 valence electrons. The Balaban J connectivity index is 3.33. The van der Waals surface area contributed by atoms with E-state index < -0.39 is 15.1 Å². The molecule has 1 aromatic heterocycles. The van der Waals surface area contributed by atoms with Gasteiger partial charge in [0.1, 0.15) is 4.88 Å². The van der Waals surface area contributed by atoms with Crippen molar-refractivity contribution in [2.75, 3.05) is 6.26 Å². The first-order valence-electron chi connectivity index (χ1n) is 3.19. The summed E-state index contributed by atoms with van der Waals surface area (Å²) in [6, 6.07) is 0. The predicted molar refractivity (Wildman–Crippen MR) is 50.1 cm³/mol. The van der Waals surface area contributed by atoms with Crippen molar-refractivity contribution in [3.63, 3.8) is 0 Å². The summed E-state index contributed by atoms with van der Waals surface area (Å²) in [5.74, 6) is 0. The minimum atomic E-state index is -3.34. The smallest absolute Gasteiger partial charge is 0.264 e. The quantitative estimate of drug-likeness (QED) is 0.729. The summed E-state index contributed by atoms with van der Waals surface area (Å²) in [5, 5.41) is -0.676. The lowest BCUT2D eigenvalue weighted by Gasteiger charge is -1.85. The molecule has 0 aromatic carbocycles. The maximum Gasteiger partial charge on any atom is 0.264 e. The van der Waals surface area contributed by atoms with Crippen molar-refractivity contribution >= 4 is 38.0 Å². The van der Waals surface area contributed by atoms with Crippen LogP contribution in [-0.4, -0.2) is 24.9 Å². The summed E-state index contributed by atoms with van der Waals surface area (Å²) < 4.78 is 22.0. The number of nitrogens with zero attached hydrogens (tertiary/aromatic N) is 1. The second-order valence-electron chi connectivity index (χ2n) is 2.44. The monoisotopic (exact) mass is 239 g/mol. The number of thiazole rings is 1. The van der Waals surface area contributed by atoms with Crippen molar-refractivity contribution < 1.29 is 13.2 Å². The minimum Gasteiger partial charge on any atom is -0.275 e. The topological polar surface area (TPSA) is 64.1 Å². The molecule has 0 atom stereocenters. The second kappa shape index (κ2) is 3.36. The van der Waals surface area contributed by atoms with E-state index in [1.165, 1.54) is 0 Å². The van der Waals surface area contributed by atoms with Crippen molar-refractivity contribution in [1.82, 2.24) is 4.98 Å². The third-order valence-corrected chi connectivity index (χ3v) is 4.41. The molecule has 13 heavy (non-hydrogen) atoms. The van der Waals surface area contributed by atoms with Gasteiger partial charge in [-0.3, -0.25) is 4.79 Å². The summed E-state index contributed by atoms with van der Waals surface area (Å²) in [5.41, 5.74) is 0.352. The molecule has 0 spiro atoms. The Kier molecular flexibility index (Phi) is 2.74. The third-order valence-electron chi connectivity index (χ3n) is 1.27. The van der Waals surface area contributed by atoms with Crippen LogP contribution in [0.5, 0.6) is 0 Å². The van der Waals surface area contributed by atoms with Gasteiger partial charge in [-0.15, -0.1) is 0 Å². The molecule has 0 aliphatic carbocycles. The Morgan fingerprint density at radius 2 is 2.08 bits per heavy atom. The molecule has 0 saturated carbocycles. The van der Waals surface area contributed by atoms with Crippen molar-refractivity contribution in [1.29, 1.82) is 0 Å². The molecular weight excluding hydrogens is 234 g/mol. The molecule has 0 fully saturated rings. The van der Waals surface area contributed by atoms with Crippen molar-refractivity contribution in [3.05, 3.63) is 10.6 Å². The molecule has 0 radical (unpaired) electrons. The third kappa shape index (κ3) is 2.26. The lowest BCUT2D eigenvalue weighted by Crippen LogP contribution is -1.95. The first-order valence-corrected chi connectivity index (χ1v) is 6.28. The van der Waals surface area contributed by atoms with Gasteiger partial charge in [0, 0.05) is 6.26 Å². The standard InChI is InChI=1S/C6H6ClNO3S2/c1-3-4(5(7)9)12-6(8-3)13(2,10)11/h1-2H3.